The lowest BCUT2D eigenvalue weighted by atomic mass is 10.1. The molecule has 4 heteroatoms. The fraction of sp³-hybridized carbons (Fsp3) is 0.125. The molecule has 1 heterocycles. The molecule has 2 aromatic carbocycles. The highest BCUT2D eigenvalue weighted by molar-refractivity contribution is 5.54. The van der Waals surface area contributed by atoms with Crippen LogP contribution in [0.4, 0.5) is 6.01 Å². The molecule has 3 aromatic rings. The molecule has 0 aliphatic heterocycles. The summed E-state index contributed by atoms with van der Waals surface area (Å²) in [5.74, 6) is 0.595. The molecular formula is C16H15N3O. The maximum absolute atomic E-state index is 5.21. The van der Waals surface area contributed by atoms with Gasteiger partial charge in [0.1, 0.15) is 0 Å². The van der Waals surface area contributed by atoms with Gasteiger partial charge in [-0.2, -0.15) is 4.98 Å². The molecule has 4 nitrogen and oxygen atoms in total. The zero-order valence-electron chi connectivity index (χ0n) is 11.2. The van der Waals surface area contributed by atoms with E-state index < -0.39 is 0 Å². The SMILES string of the molecule is Cc1ccccc1CNc1nc(-c2ccccc2)no1. The zero-order valence-corrected chi connectivity index (χ0v) is 11.2. The van der Waals surface area contributed by atoms with E-state index in [-0.39, 0.29) is 0 Å². The van der Waals surface area contributed by atoms with Gasteiger partial charge in [0.15, 0.2) is 0 Å². The van der Waals surface area contributed by atoms with Crippen LogP contribution in [0, 0.1) is 6.92 Å². The molecule has 0 bridgehead atoms. The van der Waals surface area contributed by atoms with Crippen molar-refractivity contribution in [2.24, 2.45) is 0 Å². The Labute approximate surface area is 117 Å². The normalized spacial score (nSPS) is 10.4. The van der Waals surface area contributed by atoms with Gasteiger partial charge in [0.2, 0.25) is 5.82 Å². The molecule has 0 atom stereocenters. The van der Waals surface area contributed by atoms with Crippen LogP contribution in [0.25, 0.3) is 11.4 Å². The standard InChI is InChI=1S/C16H15N3O/c1-12-7-5-6-10-14(12)11-17-16-18-15(19-20-16)13-8-3-2-4-9-13/h2-10H,11H2,1H3,(H,17,18,19). The van der Waals surface area contributed by atoms with Crippen molar-refractivity contribution < 1.29 is 4.52 Å². The maximum atomic E-state index is 5.21. The van der Waals surface area contributed by atoms with Crippen LogP contribution in [0.3, 0.4) is 0 Å². The van der Waals surface area contributed by atoms with Gasteiger partial charge in [-0.05, 0) is 18.1 Å². The van der Waals surface area contributed by atoms with Crippen molar-refractivity contribution in [3.05, 3.63) is 65.7 Å². The molecule has 1 N–H and O–H groups in total. The van der Waals surface area contributed by atoms with Crippen LogP contribution in [-0.2, 0) is 6.54 Å². The van der Waals surface area contributed by atoms with Crippen molar-refractivity contribution in [3.63, 3.8) is 0 Å². The molecule has 3 rings (SSSR count). The second-order valence-electron chi connectivity index (χ2n) is 4.57. The lowest BCUT2D eigenvalue weighted by Crippen LogP contribution is -2.01. The number of aryl methyl sites for hydroxylation is 1. The summed E-state index contributed by atoms with van der Waals surface area (Å²) in [6.45, 7) is 2.75. The van der Waals surface area contributed by atoms with E-state index in [0.717, 1.165) is 5.56 Å². The Balaban J connectivity index is 1.71. The minimum Gasteiger partial charge on any atom is -0.334 e. The second-order valence-corrected chi connectivity index (χ2v) is 4.57. The monoisotopic (exact) mass is 265 g/mol. The maximum Gasteiger partial charge on any atom is 0.322 e. The highest BCUT2D eigenvalue weighted by Crippen LogP contribution is 2.17. The van der Waals surface area contributed by atoms with Gasteiger partial charge in [0.05, 0.1) is 0 Å². The van der Waals surface area contributed by atoms with E-state index in [0.29, 0.717) is 18.4 Å². The number of anilines is 1. The van der Waals surface area contributed by atoms with Crippen LogP contribution in [0.5, 0.6) is 0 Å². The van der Waals surface area contributed by atoms with E-state index in [1.807, 2.05) is 42.5 Å². The Hall–Kier alpha value is -2.62. The van der Waals surface area contributed by atoms with E-state index in [4.69, 9.17) is 4.52 Å². The molecule has 0 radical (unpaired) electrons. The molecule has 0 aliphatic carbocycles. The van der Waals surface area contributed by atoms with Crippen molar-refractivity contribution in [1.29, 1.82) is 0 Å². The Bertz CT molecular complexity index is 692. The lowest BCUT2D eigenvalue weighted by Gasteiger charge is -2.04. The van der Waals surface area contributed by atoms with Gasteiger partial charge in [-0.3, -0.25) is 0 Å². The topological polar surface area (TPSA) is 51.0 Å². The molecule has 20 heavy (non-hydrogen) atoms. The molecule has 0 saturated heterocycles. The number of nitrogens with one attached hydrogen (secondary N) is 1. The van der Waals surface area contributed by atoms with Crippen molar-refractivity contribution in [1.82, 2.24) is 10.1 Å². The predicted molar refractivity (Wildman–Crippen MR) is 78.2 cm³/mol. The summed E-state index contributed by atoms with van der Waals surface area (Å²) >= 11 is 0. The fourth-order valence-corrected chi connectivity index (χ4v) is 1.98. The third-order valence-electron chi connectivity index (χ3n) is 3.15. The Morgan fingerprint density at radius 3 is 2.55 bits per heavy atom. The number of nitrogens with zero attached hydrogens (tertiary/aromatic N) is 2. The lowest BCUT2D eigenvalue weighted by molar-refractivity contribution is 0.432. The molecule has 0 unspecified atom stereocenters. The van der Waals surface area contributed by atoms with E-state index in [9.17, 15) is 0 Å². The number of rotatable bonds is 4. The Morgan fingerprint density at radius 1 is 1.00 bits per heavy atom. The quantitative estimate of drug-likeness (QED) is 0.782. The second kappa shape index (κ2) is 5.57. The third-order valence-corrected chi connectivity index (χ3v) is 3.15. The van der Waals surface area contributed by atoms with E-state index >= 15 is 0 Å². The van der Waals surface area contributed by atoms with E-state index in [1.165, 1.54) is 11.1 Å². The highest BCUT2D eigenvalue weighted by Gasteiger charge is 2.07. The average Bonchev–Trinajstić information content (AvgIpc) is 2.96. The fourth-order valence-electron chi connectivity index (χ4n) is 1.98. The van der Waals surface area contributed by atoms with Crippen molar-refractivity contribution in [3.8, 4) is 11.4 Å². The van der Waals surface area contributed by atoms with E-state index in [2.05, 4.69) is 34.5 Å². The largest absolute Gasteiger partial charge is 0.334 e. The minimum atomic E-state index is 0.437. The summed E-state index contributed by atoms with van der Waals surface area (Å²) < 4.78 is 5.21. The van der Waals surface area contributed by atoms with Crippen LogP contribution < -0.4 is 5.32 Å². The average molecular weight is 265 g/mol. The summed E-state index contributed by atoms with van der Waals surface area (Å²) in [5, 5.41) is 7.12. The first-order chi connectivity index (χ1) is 9.83. The zero-order chi connectivity index (χ0) is 13.8. The summed E-state index contributed by atoms with van der Waals surface area (Å²) in [5.41, 5.74) is 3.40. The first kappa shape index (κ1) is 12.4. The Kier molecular flexibility index (Phi) is 3.46. The van der Waals surface area contributed by atoms with Gasteiger partial charge in [-0.15, -0.1) is 0 Å². The van der Waals surface area contributed by atoms with Gasteiger partial charge in [0, 0.05) is 12.1 Å². The molecule has 0 aliphatic rings. The first-order valence-corrected chi connectivity index (χ1v) is 6.50. The number of benzene rings is 2. The minimum absolute atomic E-state index is 0.437. The summed E-state index contributed by atoms with van der Waals surface area (Å²) in [4.78, 5) is 4.34. The summed E-state index contributed by atoms with van der Waals surface area (Å²) in [6.07, 6.45) is 0. The van der Waals surface area contributed by atoms with Crippen LogP contribution in [0.15, 0.2) is 59.1 Å². The van der Waals surface area contributed by atoms with Crippen LogP contribution in [0.1, 0.15) is 11.1 Å². The van der Waals surface area contributed by atoms with Gasteiger partial charge in [0.25, 0.3) is 0 Å². The Morgan fingerprint density at radius 2 is 1.75 bits per heavy atom. The highest BCUT2D eigenvalue weighted by atomic mass is 16.5. The third kappa shape index (κ3) is 2.69. The summed E-state index contributed by atoms with van der Waals surface area (Å²) in [6, 6.07) is 18.4. The van der Waals surface area contributed by atoms with Gasteiger partial charge in [-0.25, -0.2) is 0 Å². The van der Waals surface area contributed by atoms with Crippen LogP contribution >= 0.6 is 0 Å². The van der Waals surface area contributed by atoms with Crippen LogP contribution in [0.2, 0.25) is 0 Å². The van der Waals surface area contributed by atoms with E-state index in [1.54, 1.807) is 0 Å². The molecule has 0 fully saturated rings. The van der Waals surface area contributed by atoms with Crippen LogP contribution in [-0.4, -0.2) is 10.1 Å². The smallest absolute Gasteiger partial charge is 0.322 e. The molecule has 0 spiro atoms. The number of hydrogen-bond acceptors (Lipinski definition) is 4. The van der Waals surface area contributed by atoms with Crippen molar-refractivity contribution in [2.75, 3.05) is 5.32 Å². The van der Waals surface area contributed by atoms with Gasteiger partial charge in [-0.1, -0.05) is 59.8 Å². The molecular weight excluding hydrogens is 250 g/mol. The molecule has 0 amide bonds. The first-order valence-electron chi connectivity index (χ1n) is 6.50. The van der Waals surface area contributed by atoms with Crippen molar-refractivity contribution in [2.45, 2.75) is 13.5 Å². The molecule has 100 valence electrons. The summed E-state index contributed by atoms with van der Waals surface area (Å²) in [7, 11) is 0. The van der Waals surface area contributed by atoms with Crippen molar-refractivity contribution >= 4 is 6.01 Å². The predicted octanol–water partition coefficient (Wildman–Crippen LogP) is 3.66. The number of hydrogen-bond donors (Lipinski definition) is 1. The molecule has 0 saturated carbocycles. The van der Waals surface area contributed by atoms with Gasteiger partial charge >= 0.3 is 6.01 Å². The molecule has 1 aromatic heterocycles. The van der Waals surface area contributed by atoms with Gasteiger partial charge < -0.3 is 9.84 Å². The number of aromatic nitrogens is 2.